The molecule has 0 saturated heterocycles. The Hall–Kier alpha value is -4.83. The number of amides is 2. The summed E-state index contributed by atoms with van der Waals surface area (Å²) in [6.45, 7) is 6.78. The summed E-state index contributed by atoms with van der Waals surface area (Å²) in [6, 6.07) is 11.8. The van der Waals surface area contributed by atoms with Gasteiger partial charge in [0.25, 0.3) is 0 Å². The Kier molecular flexibility index (Phi) is 12.2. The number of rotatable bonds is 12. The van der Waals surface area contributed by atoms with Crippen molar-refractivity contribution in [1.29, 1.82) is 0 Å². The molecular formula is C37H40ClN7O4S. The Bertz CT molecular complexity index is 1990. The van der Waals surface area contributed by atoms with Crippen molar-refractivity contribution in [3.8, 4) is 16.8 Å². The number of aromatic nitrogens is 3. The van der Waals surface area contributed by atoms with Crippen LogP contribution in [0, 0.1) is 32.6 Å². The van der Waals surface area contributed by atoms with Crippen LogP contribution >= 0.6 is 22.9 Å². The van der Waals surface area contributed by atoms with E-state index in [9.17, 15) is 14.4 Å². The van der Waals surface area contributed by atoms with E-state index in [1.54, 1.807) is 29.5 Å². The van der Waals surface area contributed by atoms with Gasteiger partial charge < -0.3 is 21.1 Å². The molecule has 50 heavy (non-hydrogen) atoms. The molecule has 4 N–H and O–H groups in total. The topological polar surface area (TPSA) is 154 Å². The third-order valence-corrected chi connectivity index (χ3v) is 9.79. The van der Waals surface area contributed by atoms with Crippen LogP contribution in [0.1, 0.15) is 93.7 Å². The van der Waals surface area contributed by atoms with Gasteiger partial charge in [0.1, 0.15) is 16.9 Å². The van der Waals surface area contributed by atoms with Crippen molar-refractivity contribution >= 4 is 52.1 Å². The number of ether oxygens (including phenoxy) is 1. The fraction of sp³-hybridized carbons (Fsp3) is 0.351. The molecule has 1 atom stereocenters. The predicted molar refractivity (Wildman–Crippen MR) is 196 cm³/mol. The van der Waals surface area contributed by atoms with Crippen LogP contribution in [0.15, 0.2) is 47.5 Å². The molecule has 4 aromatic rings. The van der Waals surface area contributed by atoms with Crippen LogP contribution in [0.25, 0.3) is 5.00 Å². The fourth-order valence-electron chi connectivity index (χ4n) is 5.62. The van der Waals surface area contributed by atoms with Gasteiger partial charge in [-0.25, -0.2) is 4.79 Å². The first-order valence-electron chi connectivity index (χ1n) is 16.5. The van der Waals surface area contributed by atoms with E-state index < -0.39 is 12.0 Å². The number of methoxy groups -OCH3 is 1. The summed E-state index contributed by atoms with van der Waals surface area (Å²) in [6.07, 6.45) is 3.58. The van der Waals surface area contributed by atoms with Gasteiger partial charge in [0.05, 0.1) is 24.8 Å². The normalized spacial score (nSPS) is 13.2. The number of benzene rings is 2. The van der Waals surface area contributed by atoms with Crippen molar-refractivity contribution in [1.82, 2.24) is 20.1 Å². The van der Waals surface area contributed by atoms with Crippen LogP contribution < -0.4 is 16.4 Å². The predicted octanol–water partition coefficient (Wildman–Crippen LogP) is 5.99. The average Bonchev–Trinajstić information content (AvgIpc) is 3.58. The van der Waals surface area contributed by atoms with Crippen molar-refractivity contribution < 1.29 is 19.1 Å². The van der Waals surface area contributed by atoms with Gasteiger partial charge in [0.2, 0.25) is 11.8 Å². The Morgan fingerprint density at radius 2 is 1.82 bits per heavy atom. The standard InChI is InChI=1S/C37H40ClN7O4S/c1-22-23(2)50-36-33(22)34(26-11-14-27(38)15-12-26)42-30(35-44-43-24(3)45(35)36)21-32(47)40-19-17-31(46)41-28-16-13-25(29(20-28)37(48)49-4)10-8-6-5-7-9-18-39/h11-16,20,30H,5-7,9,17-19,21,39H2,1-4H3,(H,40,47)(H,41,46)/t30-/m0/s1. The third-order valence-electron chi connectivity index (χ3n) is 8.35. The second kappa shape index (κ2) is 16.7. The maximum Gasteiger partial charge on any atom is 0.339 e. The van der Waals surface area contributed by atoms with E-state index >= 15 is 0 Å². The first-order chi connectivity index (χ1) is 24.1. The highest BCUT2D eigenvalue weighted by atomic mass is 35.5. The molecule has 260 valence electrons. The number of halogens is 1. The zero-order chi connectivity index (χ0) is 35.8. The molecule has 1 aliphatic rings. The van der Waals surface area contributed by atoms with Crippen molar-refractivity contribution in [2.45, 2.75) is 65.3 Å². The Morgan fingerprint density at radius 1 is 1.04 bits per heavy atom. The second-order valence-electron chi connectivity index (χ2n) is 11.9. The molecule has 0 spiro atoms. The average molecular weight is 714 g/mol. The maximum atomic E-state index is 13.3. The molecule has 1 aliphatic heterocycles. The molecule has 3 heterocycles. The molecule has 2 amide bonds. The summed E-state index contributed by atoms with van der Waals surface area (Å²) in [5.41, 5.74) is 10.5. The Morgan fingerprint density at radius 3 is 2.56 bits per heavy atom. The van der Waals surface area contributed by atoms with E-state index in [4.69, 9.17) is 27.1 Å². The molecule has 5 rings (SSSR count). The lowest BCUT2D eigenvalue weighted by molar-refractivity contribution is -0.121. The number of carbonyl (C=O) groups excluding carboxylic acids is 3. The minimum Gasteiger partial charge on any atom is -0.465 e. The number of unbranched alkanes of at least 4 members (excludes halogenated alkanes) is 3. The summed E-state index contributed by atoms with van der Waals surface area (Å²) in [5, 5.41) is 16.0. The minimum absolute atomic E-state index is 0.00180. The number of esters is 1. The first-order valence-corrected chi connectivity index (χ1v) is 17.6. The zero-order valence-corrected chi connectivity index (χ0v) is 30.1. The van der Waals surface area contributed by atoms with Gasteiger partial charge in [-0.15, -0.1) is 21.5 Å². The number of nitrogens with two attached hydrogens (primary N) is 1. The van der Waals surface area contributed by atoms with Gasteiger partial charge in [0, 0.05) is 51.7 Å². The number of anilines is 1. The van der Waals surface area contributed by atoms with Gasteiger partial charge in [0.15, 0.2) is 5.82 Å². The van der Waals surface area contributed by atoms with Gasteiger partial charge in [-0.1, -0.05) is 42.0 Å². The van der Waals surface area contributed by atoms with Crippen molar-refractivity contribution in [3.05, 3.63) is 91.8 Å². The summed E-state index contributed by atoms with van der Waals surface area (Å²) in [5.74, 6) is 6.23. The van der Waals surface area contributed by atoms with Crippen LogP contribution in [-0.2, 0) is 14.3 Å². The molecule has 0 unspecified atom stereocenters. The third kappa shape index (κ3) is 8.48. The minimum atomic E-state index is -0.626. The van der Waals surface area contributed by atoms with Crippen molar-refractivity contribution in [2.75, 3.05) is 25.5 Å². The number of thiophene rings is 1. The second-order valence-corrected chi connectivity index (χ2v) is 13.5. The molecule has 0 radical (unpaired) electrons. The summed E-state index contributed by atoms with van der Waals surface area (Å²) in [4.78, 5) is 44.9. The highest BCUT2D eigenvalue weighted by Gasteiger charge is 2.32. The molecule has 2 aromatic carbocycles. The summed E-state index contributed by atoms with van der Waals surface area (Å²) in [7, 11) is 1.30. The van der Waals surface area contributed by atoms with Gasteiger partial charge in [-0.05, 0) is 76.1 Å². The van der Waals surface area contributed by atoms with Crippen LogP contribution in [-0.4, -0.2) is 58.5 Å². The number of nitrogens with one attached hydrogen (secondary N) is 2. The number of aryl methyl sites for hydroxylation is 2. The highest BCUT2D eigenvalue weighted by molar-refractivity contribution is 7.15. The van der Waals surface area contributed by atoms with E-state index in [-0.39, 0.29) is 36.8 Å². The molecule has 0 fully saturated rings. The van der Waals surface area contributed by atoms with Crippen molar-refractivity contribution in [3.63, 3.8) is 0 Å². The molecule has 0 saturated carbocycles. The van der Waals surface area contributed by atoms with E-state index in [0.717, 1.165) is 51.5 Å². The summed E-state index contributed by atoms with van der Waals surface area (Å²) >= 11 is 7.84. The number of nitrogens with zero attached hydrogens (tertiary/aromatic N) is 4. The van der Waals surface area contributed by atoms with Crippen molar-refractivity contribution in [2.24, 2.45) is 10.7 Å². The fourth-order valence-corrected chi connectivity index (χ4v) is 6.96. The van der Waals surface area contributed by atoms with E-state index in [2.05, 4.69) is 46.5 Å². The smallest absolute Gasteiger partial charge is 0.339 e. The Labute approximate surface area is 300 Å². The molecule has 0 aliphatic carbocycles. The highest BCUT2D eigenvalue weighted by Crippen LogP contribution is 2.39. The van der Waals surface area contributed by atoms with E-state index in [1.165, 1.54) is 7.11 Å². The largest absolute Gasteiger partial charge is 0.465 e. The number of aliphatic imine (C=N–C) groups is 1. The lowest BCUT2D eigenvalue weighted by atomic mass is 9.99. The Balaban J connectivity index is 1.25. The number of hydrogen-bond donors (Lipinski definition) is 3. The van der Waals surface area contributed by atoms with Crippen LogP contribution in [0.2, 0.25) is 5.02 Å². The lowest BCUT2D eigenvalue weighted by Crippen LogP contribution is -2.29. The van der Waals surface area contributed by atoms with E-state index in [0.29, 0.717) is 40.9 Å². The lowest BCUT2D eigenvalue weighted by Gasteiger charge is -2.13. The molecule has 2 aromatic heterocycles. The SMILES string of the molecule is COC(=O)c1cc(NC(=O)CCNC(=O)C[C@@H]2N=C(c3ccc(Cl)cc3)c3c(sc(C)c3C)-n3c(C)nnc32)ccc1C#CCCCCCN. The maximum absolute atomic E-state index is 13.3. The van der Waals surface area contributed by atoms with Crippen LogP contribution in [0.5, 0.6) is 0 Å². The molecule has 0 bridgehead atoms. The van der Waals surface area contributed by atoms with Crippen LogP contribution in [0.3, 0.4) is 0 Å². The molecule has 11 nitrogen and oxygen atoms in total. The van der Waals surface area contributed by atoms with E-state index in [1.807, 2.05) is 35.8 Å². The molecule has 13 heteroatoms. The van der Waals surface area contributed by atoms with Gasteiger partial charge >= 0.3 is 5.97 Å². The van der Waals surface area contributed by atoms with Crippen LogP contribution in [0.4, 0.5) is 5.69 Å². The number of fused-ring (bicyclic) bond motifs is 3. The van der Waals surface area contributed by atoms with Gasteiger partial charge in [-0.2, -0.15) is 0 Å². The monoisotopic (exact) mass is 713 g/mol. The number of hydrogen-bond acceptors (Lipinski definition) is 9. The van der Waals surface area contributed by atoms with Gasteiger partial charge in [-0.3, -0.25) is 19.1 Å². The first kappa shape index (κ1) is 36.5. The summed E-state index contributed by atoms with van der Waals surface area (Å²) < 4.78 is 6.92. The molecular weight excluding hydrogens is 674 g/mol. The number of carbonyl (C=O) groups is 3. The zero-order valence-electron chi connectivity index (χ0n) is 28.6. The quantitative estimate of drug-likeness (QED) is 0.0926.